The van der Waals surface area contributed by atoms with Gasteiger partial charge in [-0.3, -0.25) is 4.90 Å². The molecule has 0 spiro atoms. The lowest BCUT2D eigenvalue weighted by Gasteiger charge is -2.27. The predicted octanol–water partition coefficient (Wildman–Crippen LogP) is 5.56. The Labute approximate surface area is 162 Å². The van der Waals surface area contributed by atoms with Gasteiger partial charge in [0.2, 0.25) is 0 Å². The largest absolute Gasteiger partial charge is 0.376 e. The number of rotatable bonds is 5. The maximum Gasteiger partial charge on any atom is 0.0890 e. The van der Waals surface area contributed by atoms with E-state index in [0.29, 0.717) is 5.92 Å². The van der Waals surface area contributed by atoms with Crippen molar-refractivity contribution in [2.45, 2.75) is 31.5 Å². The Bertz CT molecular complexity index is 846. The molecule has 2 atom stereocenters. The van der Waals surface area contributed by atoms with E-state index in [1.54, 1.807) is 0 Å². The first-order valence-electron chi connectivity index (χ1n) is 9.77. The first-order valence-corrected chi connectivity index (χ1v) is 9.77. The standard InChI is InChI=1S/C25H27NO/c1-27-25(21-12-6-3-7-13-21)24-16-17-26(18-20-10-4-2-5-11-20)19-22-14-8-9-15-23(22)24/h2-15,24-25H,16-19H2,1H3/t24-,25+/m0/s1. The third-order valence-corrected chi connectivity index (χ3v) is 5.60. The van der Waals surface area contributed by atoms with Crippen molar-refractivity contribution in [2.75, 3.05) is 13.7 Å². The molecule has 0 bridgehead atoms. The summed E-state index contributed by atoms with van der Waals surface area (Å²) >= 11 is 0. The second-order valence-electron chi connectivity index (χ2n) is 7.36. The monoisotopic (exact) mass is 357 g/mol. The molecule has 2 heteroatoms. The van der Waals surface area contributed by atoms with Gasteiger partial charge in [-0.15, -0.1) is 0 Å². The molecule has 0 aromatic heterocycles. The lowest BCUT2D eigenvalue weighted by molar-refractivity contribution is 0.0733. The van der Waals surface area contributed by atoms with E-state index in [1.165, 1.54) is 22.3 Å². The molecular weight excluding hydrogens is 330 g/mol. The van der Waals surface area contributed by atoms with Gasteiger partial charge in [0.15, 0.2) is 0 Å². The van der Waals surface area contributed by atoms with Gasteiger partial charge in [0.05, 0.1) is 6.10 Å². The highest BCUT2D eigenvalue weighted by molar-refractivity contribution is 5.35. The Morgan fingerprint density at radius 1 is 0.889 bits per heavy atom. The van der Waals surface area contributed by atoms with Crippen LogP contribution in [0, 0.1) is 0 Å². The minimum Gasteiger partial charge on any atom is -0.376 e. The Morgan fingerprint density at radius 2 is 1.56 bits per heavy atom. The molecule has 1 aliphatic heterocycles. The summed E-state index contributed by atoms with van der Waals surface area (Å²) in [6, 6.07) is 30.3. The van der Waals surface area contributed by atoms with Gasteiger partial charge in [0.25, 0.3) is 0 Å². The smallest absolute Gasteiger partial charge is 0.0890 e. The van der Waals surface area contributed by atoms with E-state index in [9.17, 15) is 0 Å². The summed E-state index contributed by atoms with van der Waals surface area (Å²) in [5, 5.41) is 0. The van der Waals surface area contributed by atoms with Crippen LogP contribution in [0.15, 0.2) is 84.9 Å². The van der Waals surface area contributed by atoms with Crippen LogP contribution < -0.4 is 0 Å². The first-order chi connectivity index (χ1) is 13.3. The van der Waals surface area contributed by atoms with Crippen LogP contribution in [0.3, 0.4) is 0 Å². The fraction of sp³-hybridized carbons (Fsp3) is 0.280. The maximum atomic E-state index is 6.02. The van der Waals surface area contributed by atoms with Crippen LogP contribution in [0.25, 0.3) is 0 Å². The molecular formula is C25H27NO. The molecule has 0 aliphatic carbocycles. The molecule has 1 aliphatic rings. The van der Waals surface area contributed by atoms with Crippen molar-refractivity contribution < 1.29 is 4.74 Å². The third kappa shape index (κ3) is 4.13. The summed E-state index contributed by atoms with van der Waals surface area (Å²) in [4.78, 5) is 2.56. The Kier molecular flexibility index (Phi) is 5.66. The predicted molar refractivity (Wildman–Crippen MR) is 111 cm³/mol. The minimum absolute atomic E-state index is 0.0871. The third-order valence-electron chi connectivity index (χ3n) is 5.60. The van der Waals surface area contributed by atoms with Crippen LogP contribution in [0.4, 0.5) is 0 Å². The second-order valence-corrected chi connectivity index (χ2v) is 7.36. The van der Waals surface area contributed by atoms with Gasteiger partial charge in [-0.2, -0.15) is 0 Å². The van der Waals surface area contributed by atoms with Crippen molar-refractivity contribution in [3.05, 3.63) is 107 Å². The molecule has 0 unspecified atom stereocenters. The molecule has 138 valence electrons. The highest BCUT2D eigenvalue weighted by Crippen LogP contribution is 2.40. The number of hydrogen-bond acceptors (Lipinski definition) is 2. The molecule has 0 saturated heterocycles. The molecule has 0 N–H and O–H groups in total. The van der Waals surface area contributed by atoms with Crippen molar-refractivity contribution in [3.8, 4) is 0 Å². The lowest BCUT2D eigenvalue weighted by atomic mass is 9.85. The van der Waals surface area contributed by atoms with Gasteiger partial charge in [0.1, 0.15) is 0 Å². The molecule has 0 fully saturated rings. The van der Waals surface area contributed by atoms with Crippen LogP contribution in [0.5, 0.6) is 0 Å². The number of ether oxygens (including phenoxy) is 1. The molecule has 3 aromatic carbocycles. The van der Waals surface area contributed by atoms with Crippen molar-refractivity contribution in [1.82, 2.24) is 4.90 Å². The van der Waals surface area contributed by atoms with Crippen LogP contribution in [-0.2, 0) is 17.8 Å². The SMILES string of the molecule is CO[C@H](c1ccccc1)[C@H]1CCN(Cc2ccccc2)Cc2ccccc21. The second kappa shape index (κ2) is 8.51. The molecule has 2 nitrogen and oxygen atoms in total. The number of hydrogen-bond donors (Lipinski definition) is 0. The molecule has 0 amide bonds. The summed E-state index contributed by atoms with van der Waals surface area (Å²) in [7, 11) is 1.84. The summed E-state index contributed by atoms with van der Waals surface area (Å²) in [5.74, 6) is 0.370. The maximum absolute atomic E-state index is 6.02. The fourth-order valence-electron chi connectivity index (χ4n) is 4.30. The number of nitrogens with zero attached hydrogens (tertiary/aromatic N) is 1. The van der Waals surface area contributed by atoms with E-state index in [0.717, 1.165) is 26.1 Å². The Morgan fingerprint density at radius 3 is 2.30 bits per heavy atom. The Balaban J connectivity index is 1.63. The van der Waals surface area contributed by atoms with Gasteiger partial charge in [-0.1, -0.05) is 84.9 Å². The lowest BCUT2D eigenvalue weighted by Crippen LogP contribution is -2.23. The molecule has 0 saturated carbocycles. The number of benzene rings is 3. The molecule has 3 aromatic rings. The minimum atomic E-state index is 0.0871. The van der Waals surface area contributed by atoms with E-state index < -0.39 is 0 Å². The number of methoxy groups -OCH3 is 1. The summed E-state index contributed by atoms with van der Waals surface area (Å²) in [5.41, 5.74) is 5.49. The van der Waals surface area contributed by atoms with Crippen molar-refractivity contribution >= 4 is 0 Å². The van der Waals surface area contributed by atoms with Crippen molar-refractivity contribution in [1.29, 1.82) is 0 Å². The first kappa shape index (κ1) is 18.0. The highest BCUT2D eigenvalue weighted by atomic mass is 16.5. The zero-order chi connectivity index (χ0) is 18.5. The van der Waals surface area contributed by atoms with E-state index in [1.807, 2.05) is 7.11 Å². The van der Waals surface area contributed by atoms with E-state index >= 15 is 0 Å². The van der Waals surface area contributed by atoms with Crippen molar-refractivity contribution in [3.63, 3.8) is 0 Å². The highest BCUT2D eigenvalue weighted by Gasteiger charge is 2.29. The summed E-state index contributed by atoms with van der Waals surface area (Å²) in [6.07, 6.45) is 1.18. The van der Waals surface area contributed by atoms with E-state index in [4.69, 9.17) is 4.74 Å². The molecule has 1 heterocycles. The van der Waals surface area contributed by atoms with Gasteiger partial charge >= 0.3 is 0 Å². The van der Waals surface area contributed by atoms with Crippen molar-refractivity contribution in [2.24, 2.45) is 0 Å². The number of fused-ring (bicyclic) bond motifs is 1. The molecule has 4 rings (SSSR count). The topological polar surface area (TPSA) is 12.5 Å². The molecule has 27 heavy (non-hydrogen) atoms. The average molecular weight is 357 g/mol. The zero-order valence-corrected chi connectivity index (χ0v) is 15.9. The van der Waals surface area contributed by atoms with Crippen LogP contribution in [-0.4, -0.2) is 18.6 Å². The van der Waals surface area contributed by atoms with E-state index in [2.05, 4.69) is 89.8 Å². The van der Waals surface area contributed by atoms with Gasteiger partial charge in [-0.05, 0) is 35.2 Å². The van der Waals surface area contributed by atoms with Gasteiger partial charge in [-0.25, -0.2) is 0 Å². The molecule has 0 radical (unpaired) electrons. The summed E-state index contributed by atoms with van der Waals surface area (Å²) < 4.78 is 6.02. The van der Waals surface area contributed by atoms with E-state index in [-0.39, 0.29) is 6.10 Å². The van der Waals surface area contributed by atoms with Crippen LogP contribution in [0.2, 0.25) is 0 Å². The summed E-state index contributed by atoms with van der Waals surface area (Å²) in [6.45, 7) is 3.05. The van der Waals surface area contributed by atoms with Crippen LogP contribution in [0.1, 0.15) is 40.7 Å². The Hall–Kier alpha value is -2.42. The van der Waals surface area contributed by atoms with Crippen LogP contribution >= 0.6 is 0 Å². The quantitative estimate of drug-likeness (QED) is 0.592. The average Bonchev–Trinajstić information content (AvgIpc) is 2.90. The van der Waals surface area contributed by atoms with Gasteiger partial charge < -0.3 is 4.74 Å². The fourth-order valence-corrected chi connectivity index (χ4v) is 4.30. The zero-order valence-electron chi connectivity index (χ0n) is 15.9. The normalized spacial score (nSPS) is 18.5. The van der Waals surface area contributed by atoms with Gasteiger partial charge in [0, 0.05) is 26.1 Å².